The predicted octanol–water partition coefficient (Wildman–Crippen LogP) is 7.49. The van der Waals surface area contributed by atoms with Gasteiger partial charge < -0.3 is 24.5 Å². The first-order valence-electron chi connectivity index (χ1n) is 13.7. The second kappa shape index (κ2) is 13.9. The molecule has 1 saturated heterocycles. The molecular weight excluding hydrogens is 561 g/mol. The Morgan fingerprint density at radius 3 is 2.56 bits per heavy atom. The molecule has 0 aliphatic carbocycles. The van der Waals surface area contributed by atoms with Crippen LogP contribution in [0.1, 0.15) is 37.3 Å². The summed E-state index contributed by atoms with van der Waals surface area (Å²) in [5.74, 6) is 2.02. The number of benzene rings is 3. The minimum Gasteiger partial charge on any atom is -0.493 e. The van der Waals surface area contributed by atoms with Gasteiger partial charge in [0.15, 0.2) is 11.5 Å². The lowest BCUT2D eigenvalue weighted by atomic mass is 10.1. The van der Waals surface area contributed by atoms with E-state index in [9.17, 15) is 0 Å². The number of likely N-dealkylation sites (tertiary alicyclic amines) is 1. The van der Waals surface area contributed by atoms with Crippen molar-refractivity contribution in [2.45, 2.75) is 32.8 Å². The molecule has 3 aromatic carbocycles. The highest BCUT2D eigenvalue weighted by molar-refractivity contribution is 6.35. The maximum Gasteiger partial charge on any atom is 0.162 e. The van der Waals surface area contributed by atoms with Crippen molar-refractivity contribution in [3.8, 4) is 11.5 Å². The molecule has 1 aliphatic heterocycles. The molecule has 214 valence electrons. The number of halogens is 2. The molecule has 0 radical (unpaired) electrons. The molecule has 1 aromatic heterocycles. The molecule has 1 fully saturated rings. The summed E-state index contributed by atoms with van der Waals surface area (Å²) < 4.78 is 11.7. The van der Waals surface area contributed by atoms with Gasteiger partial charge >= 0.3 is 0 Å². The van der Waals surface area contributed by atoms with E-state index in [-0.39, 0.29) is 6.61 Å². The van der Waals surface area contributed by atoms with Crippen LogP contribution in [0.25, 0.3) is 10.9 Å². The van der Waals surface area contributed by atoms with Gasteiger partial charge in [-0.05, 0) is 75.2 Å². The first-order valence-corrected chi connectivity index (χ1v) is 14.4. The Labute approximate surface area is 250 Å². The quantitative estimate of drug-likeness (QED) is 0.103. The maximum absolute atomic E-state index is 6.21. The third kappa shape index (κ3) is 7.58. The van der Waals surface area contributed by atoms with Gasteiger partial charge in [-0.1, -0.05) is 46.6 Å². The summed E-state index contributed by atoms with van der Waals surface area (Å²) >= 11 is 12.2. The third-order valence-electron chi connectivity index (χ3n) is 7.00. The average molecular weight is 595 g/mol. The van der Waals surface area contributed by atoms with Crippen molar-refractivity contribution in [2.75, 3.05) is 38.7 Å². The molecule has 0 bridgehead atoms. The van der Waals surface area contributed by atoms with Gasteiger partial charge in [0.25, 0.3) is 0 Å². The molecule has 1 aliphatic rings. The van der Waals surface area contributed by atoms with Crippen LogP contribution in [0.3, 0.4) is 0 Å². The molecule has 1 N–H and O–H groups in total. The Morgan fingerprint density at radius 1 is 1.00 bits per heavy atom. The van der Waals surface area contributed by atoms with Crippen LogP contribution in [0.5, 0.6) is 11.5 Å². The Morgan fingerprint density at radius 2 is 1.80 bits per heavy atom. The lowest BCUT2D eigenvalue weighted by Gasteiger charge is -2.16. The summed E-state index contributed by atoms with van der Waals surface area (Å²) in [6.07, 6.45) is 5.09. The number of ether oxygens (including phenoxy) is 2. The van der Waals surface area contributed by atoms with Crippen molar-refractivity contribution in [3.63, 3.8) is 0 Å². The van der Waals surface area contributed by atoms with Gasteiger partial charge in [-0.25, -0.2) is 9.97 Å². The second-order valence-corrected chi connectivity index (χ2v) is 10.7. The smallest absolute Gasteiger partial charge is 0.162 e. The number of anilines is 2. The van der Waals surface area contributed by atoms with Gasteiger partial charge in [-0.3, -0.25) is 0 Å². The van der Waals surface area contributed by atoms with E-state index in [0.29, 0.717) is 34.0 Å². The van der Waals surface area contributed by atoms with Gasteiger partial charge in [0, 0.05) is 39.3 Å². The molecule has 4 aromatic rings. The van der Waals surface area contributed by atoms with E-state index in [4.69, 9.17) is 37.5 Å². The summed E-state index contributed by atoms with van der Waals surface area (Å²) in [6, 6.07) is 17.0. The first kappa shape index (κ1) is 28.9. The topological polar surface area (TPSA) is 81.1 Å². The van der Waals surface area contributed by atoms with E-state index in [1.54, 1.807) is 19.2 Å². The van der Waals surface area contributed by atoms with Crippen LogP contribution >= 0.6 is 23.2 Å². The largest absolute Gasteiger partial charge is 0.493 e. The van der Waals surface area contributed by atoms with Gasteiger partial charge in [0.2, 0.25) is 0 Å². The van der Waals surface area contributed by atoms with Crippen LogP contribution in [0.4, 0.5) is 11.5 Å². The molecule has 8 nitrogen and oxygen atoms in total. The summed E-state index contributed by atoms with van der Waals surface area (Å²) in [5.41, 5.74) is 4.13. The van der Waals surface area contributed by atoms with Crippen LogP contribution in [0, 0.1) is 0 Å². The number of nitrogens with one attached hydrogen (secondary N) is 1. The van der Waals surface area contributed by atoms with E-state index in [2.05, 4.69) is 25.3 Å². The summed E-state index contributed by atoms with van der Waals surface area (Å²) in [4.78, 5) is 17.0. The van der Waals surface area contributed by atoms with Crippen LogP contribution in [-0.4, -0.2) is 53.9 Å². The normalized spacial score (nSPS) is 13.9. The average Bonchev–Trinajstić information content (AvgIpc) is 3.50. The van der Waals surface area contributed by atoms with Crippen LogP contribution < -0.4 is 14.8 Å². The molecular formula is C31H33Cl2N5O3. The zero-order valence-corrected chi connectivity index (χ0v) is 24.7. The van der Waals surface area contributed by atoms with Gasteiger partial charge in [-0.2, -0.15) is 0 Å². The van der Waals surface area contributed by atoms with Gasteiger partial charge in [-0.15, -0.1) is 0 Å². The van der Waals surface area contributed by atoms with Gasteiger partial charge in [0.05, 0.1) is 24.9 Å². The van der Waals surface area contributed by atoms with Crippen molar-refractivity contribution in [2.24, 2.45) is 5.16 Å². The minimum absolute atomic E-state index is 0.253. The fourth-order valence-electron chi connectivity index (χ4n) is 4.73. The number of nitrogens with zero attached hydrogens (tertiary/aromatic N) is 4. The van der Waals surface area contributed by atoms with Crippen molar-refractivity contribution in [3.05, 3.63) is 82.1 Å². The number of aromatic nitrogens is 2. The minimum atomic E-state index is 0.253. The van der Waals surface area contributed by atoms with Crippen molar-refractivity contribution < 1.29 is 14.3 Å². The Bertz CT molecular complexity index is 1510. The third-order valence-corrected chi connectivity index (χ3v) is 7.58. The highest BCUT2D eigenvalue weighted by Crippen LogP contribution is 2.35. The molecule has 0 spiro atoms. The van der Waals surface area contributed by atoms with E-state index in [1.165, 1.54) is 32.3 Å². The molecule has 0 amide bonds. The predicted molar refractivity (Wildman–Crippen MR) is 165 cm³/mol. The zero-order chi connectivity index (χ0) is 28.6. The van der Waals surface area contributed by atoms with Gasteiger partial charge in [0.1, 0.15) is 18.8 Å². The van der Waals surface area contributed by atoms with Crippen LogP contribution in [0.2, 0.25) is 10.0 Å². The molecule has 0 atom stereocenters. The fraction of sp³-hybridized carbons (Fsp3) is 0.323. The number of rotatable bonds is 12. The van der Waals surface area contributed by atoms with Crippen molar-refractivity contribution >= 4 is 51.3 Å². The lowest BCUT2D eigenvalue weighted by molar-refractivity contribution is 0.130. The SMILES string of the molecule is COc1cc2ncnc(Nc3ccc(/C(C)=N\OCc4ccc(Cl)cc4Cl)cc3)c2cc1OCCCN1CCCC1. The zero-order valence-electron chi connectivity index (χ0n) is 23.2. The van der Waals surface area contributed by atoms with Crippen LogP contribution in [-0.2, 0) is 11.4 Å². The Kier molecular flexibility index (Phi) is 9.77. The van der Waals surface area contributed by atoms with Crippen molar-refractivity contribution in [1.82, 2.24) is 14.9 Å². The number of hydrogen-bond donors (Lipinski definition) is 1. The lowest BCUT2D eigenvalue weighted by Crippen LogP contribution is -2.21. The molecule has 5 rings (SSSR count). The number of methoxy groups -OCH3 is 1. The van der Waals surface area contributed by atoms with Crippen LogP contribution in [0.15, 0.2) is 66.1 Å². The van der Waals surface area contributed by atoms with E-state index < -0.39 is 0 Å². The summed E-state index contributed by atoms with van der Waals surface area (Å²) in [5, 5.41) is 9.63. The monoisotopic (exact) mass is 593 g/mol. The number of hydrogen-bond acceptors (Lipinski definition) is 8. The first-order chi connectivity index (χ1) is 20.0. The highest BCUT2D eigenvalue weighted by Gasteiger charge is 2.14. The maximum atomic E-state index is 6.21. The molecule has 41 heavy (non-hydrogen) atoms. The molecule has 0 saturated carbocycles. The Hall–Kier alpha value is -3.59. The number of fused-ring (bicyclic) bond motifs is 1. The molecule has 2 heterocycles. The highest BCUT2D eigenvalue weighted by atomic mass is 35.5. The molecule has 0 unspecified atom stereocenters. The Balaban J connectivity index is 1.24. The van der Waals surface area contributed by atoms with E-state index in [1.807, 2.05) is 49.4 Å². The van der Waals surface area contributed by atoms with E-state index in [0.717, 1.165) is 46.4 Å². The number of oxime groups is 1. The fourth-order valence-corrected chi connectivity index (χ4v) is 5.20. The van der Waals surface area contributed by atoms with Crippen molar-refractivity contribution in [1.29, 1.82) is 0 Å². The second-order valence-electron chi connectivity index (χ2n) is 9.88. The molecule has 10 heteroatoms. The summed E-state index contributed by atoms with van der Waals surface area (Å²) in [7, 11) is 1.64. The standard InChI is InChI=1S/C31H33Cl2N5O3/c1-21(37-41-19-23-6-9-24(32)16-27(23)33)22-7-10-25(11-8-22)36-31-26-17-30(29(39-2)18-28(26)34-20-35-31)40-15-5-14-38-12-3-4-13-38/h6-11,16-18,20H,3-5,12-15,19H2,1-2H3,(H,34,35,36)/b37-21-. The summed E-state index contributed by atoms with van der Waals surface area (Å²) in [6.45, 7) is 6.19. The van der Waals surface area contributed by atoms with E-state index >= 15 is 0 Å².